The quantitative estimate of drug-likeness (QED) is 0.0222. The molecule has 5 atom stereocenters. The lowest BCUT2D eigenvalue weighted by Gasteiger charge is -2.21. The Balaban J connectivity index is 5.12. The zero-order valence-electron chi connectivity index (χ0n) is 63.9. The Morgan fingerprint density at radius 1 is 0.276 bits per heavy atom. The van der Waals surface area contributed by atoms with Gasteiger partial charge in [0.15, 0.2) is 12.2 Å². The SMILES string of the molecule is CCCCCCCCCCCCCCCCCCCCCCC(=O)O[C@H](COC(=O)CCCCCCCCCCCCCCCCCC(C)C)COP(=O)(O)OC[C@@H](O)COP(=O)(O)OC[C@@H](COC(=O)CCCCCCC)OC(=O)CCCCCCCCCCCCCCCCC. The maximum Gasteiger partial charge on any atom is 0.472 e. The molecule has 0 heterocycles. The number of aliphatic hydroxyl groups excluding tert-OH is 1. The fourth-order valence-electron chi connectivity index (χ4n) is 12.2. The third kappa shape index (κ3) is 72.4. The van der Waals surface area contributed by atoms with Gasteiger partial charge in [-0.3, -0.25) is 37.3 Å². The van der Waals surface area contributed by atoms with Crippen molar-refractivity contribution in [3.8, 4) is 0 Å². The fraction of sp³-hybridized carbons (Fsp3) is 0.949. The van der Waals surface area contributed by atoms with E-state index in [1.54, 1.807) is 0 Å². The molecular formula is C79H154O17P2. The largest absolute Gasteiger partial charge is 0.472 e. The molecule has 0 aliphatic heterocycles. The predicted molar refractivity (Wildman–Crippen MR) is 400 cm³/mol. The predicted octanol–water partition coefficient (Wildman–Crippen LogP) is 23.6. The van der Waals surface area contributed by atoms with Crippen molar-refractivity contribution in [2.45, 2.75) is 438 Å². The van der Waals surface area contributed by atoms with Crippen LogP contribution in [0.2, 0.25) is 0 Å². The van der Waals surface area contributed by atoms with Crippen LogP contribution < -0.4 is 0 Å². The Hall–Kier alpha value is -1.94. The number of carbonyl (C=O) groups is 4. The molecule has 3 N–H and O–H groups in total. The van der Waals surface area contributed by atoms with Gasteiger partial charge in [-0.25, -0.2) is 9.13 Å². The number of hydrogen-bond acceptors (Lipinski definition) is 15. The van der Waals surface area contributed by atoms with E-state index < -0.39 is 97.5 Å². The highest BCUT2D eigenvalue weighted by atomic mass is 31.2. The van der Waals surface area contributed by atoms with Crippen molar-refractivity contribution in [3.05, 3.63) is 0 Å². The van der Waals surface area contributed by atoms with Gasteiger partial charge in [0.25, 0.3) is 0 Å². The van der Waals surface area contributed by atoms with E-state index in [0.29, 0.717) is 25.7 Å². The molecule has 17 nitrogen and oxygen atoms in total. The minimum Gasteiger partial charge on any atom is -0.462 e. The molecule has 0 aromatic rings. The van der Waals surface area contributed by atoms with Gasteiger partial charge in [0.2, 0.25) is 0 Å². The van der Waals surface area contributed by atoms with Gasteiger partial charge in [0, 0.05) is 25.7 Å². The van der Waals surface area contributed by atoms with Crippen LogP contribution in [0.4, 0.5) is 0 Å². The van der Waals surface area contributed by atoms with Crippen LogP contribution in [0.3, 0.4) is 0 Å². The highest BCUT2D eigenvalue weighted by molar-refractivity contribution is 7.47. The highest BCUT2D eigenvalue weighted by Crippen LogP contribution is 2.45. The molecule has 0 radical (unpaired) electrons. The number of rotatable bonds is 79. The van der Waals surface area contributed by atoms with E-state index in [0.717, 1.165) is 102 Å². The summed E-state index contributed by atoms with van der Waals surface area (Å²) in [6.07, 6.45) is 62.9. The summed E-state index contributed by atoms with van der Waals surface area (Å²) in [5.74, 6) is -1.31. The van der Waals surface area contributed by atoms with E-state index >= 15 is 0 Å². The first-order valence-electron chi connectivity index (χ1n) is 41.1. The minimum atomic E-state index is -4.96. The summed E-state index contributed by atoms with van der Waals surface area (Å²) in [6, 6.07) is 0. The van der Waals surface area contributed by atoms with Crippen molar-refractivity contribution in [1.29, 1.82) is 0 Å². The number of carbonyl (C=O) groups excluding carboxylic acids is 4. The number of unbranched alkanes of at least 4 members (excludes halogenated alkanes) is 51. The lowest BCUT2D eigenvalue weighted by atomic mass is 10.0. The first kappa shape index (κ1) is 96.1. The standard InChI is InChI=1S/C79H154O17P2/c1-6-9-12-15-17-19-21-23-25-26-27-28-29-33-38-42-46-50-55-60-65-79(84)96-75(69-90-77(82)63-58-53-48-44-40-36-34-30-32-35-39-43-47-52-56-61-72(4)5)71-94-98(87,88)92-67-73(80)66-91-97(85,86)93-70-74(68-89-76(81)62-57-51-14-11-8-3)95-78(83)64-59-54-49-45-41-37-31-24-22-20-18-16-13-10-7-2/h72-75,80H,6-71H2,1-5H3,(H,85,86)(H,87,88)/t73-,74+,75+/m0/s1. The lowest BCUT2D eigenvalue weighted by Crippen LogP contribution is -2.30. The first-order chi connectivity index (χ1) is 47.5. The van der Waals surface area contributed by atoms with Crippen molar-refractivity contribution in [2.24, 2.45) is 5.92 Å². The van der Waals surface area contributed by atoms with Crippen LogP contribution in [-0.2, 0) is 65.4 Å². The molecule has 0 aromatic heterocycles. The third-order valence-electron chi connectivity index (χ3n) is 18.5. The monoisotopic (exact) mass is 1440 g/mol. The van der Waals surface area contributed by atoms with Gasteiger partial charge in [-0.2, -0.15) is 0 Å². The van der Waals surface area contributed by atoms with Gasteiger partial charge >= 0.3 is 39.5 Å². The third-order valence-corrected chi connectivity index (χ3v) is 20.4. The average Bonchev–Trinajstić information content (AvgIpc) is 1.01. The Bertz CT molecular complexity index is 1870. The lowest BCUT2D eigenvalue weighted by molar-refractivity contribution is -0.161. The minimum absolute atomic E-state index is 0.108. The molecule has 0 amide bonds. The van der Waals surface area contributed by atoms with Crippen LogP contribution in [0.25, 0.3) is 0 Å². The van der Waals surface area contributed by atoms with Gasteiger partial charge in [0.05, 0.1) is 26.4 Å². The molecule has 582 valence electrons. The second-order valence-electron chi connectivity index (χ2n) is 28.9. The summed E-state index contributed by atoms with van der Waals surface area (Å²) in [6.45, 7) is 7.26. The van der Waals surface area contributed by atoms with Gasteiger partial charge in [-0.1, -0.05) is 369 Å². The second kappa shape index (κ2) is 72.0. The molecule has 0 aliphatic carbocycles. The summed E-state index contributed by atoms with van der Waals surface area (Å²) in [7, 11) is -9.90. The maximum absolute atomic E-state index is 13.1. The number of esters is 4. The summed E-state index contributed by atoms with van der Waals surface area (Å²) in [4.78, 5) is 72.6. The molecule has 0 aliphatic rings. The van der Waals surface area contributed by atoms with Gasteiger partial charge in [-0.05, 0) is 31.6 Å². The van der Waals surface area contributed by atoms with Crippen LogP contribution in [-0.4, -0.2) is 96.7 Å². The van der Waals surface area contributed by atoms with Crippen LogP contribution >= 0.6 is 15.6 Å². The van der Waals surface area contributed by atoms with Gasteiger partial charge < -0.3 is 33.8 Å². The van der Waals surface area contributed by atoms with Crippen molar-refractivity contribution < 1.29 is 80.2 Å². The van der Waals surface area contributed by atoms with Gasteiger partial charge in [-0.15, -0.1) is 0 Å². The van der Waals surface area contributed by atoms with E-state index in [-0.39, 0.29) is 25.7 Å². The molecule has 0 bridgehead atoms. The highest BCUT2D eigenvalue weighted by Gasteiger charge is 2.30. The van der Waals surface area contributed by atoms with Crippen LogP contribution in [0, 0.1) is 5.92 Å². The van der Waals surface area contributed by atoms with Crippen LogP contribution in [0.1, 0.15) is 420 Å². The first-order valence-corrected chi connectivity index (χ1v) is 44.1. The van der Waals surface area contributed by atoms with Gasteiger partial charge in [0.1, 0.15) is 19.3 Å². The average molecular weight is 1440 g/mol. The van der Waals surface area contributed by atoms with Crippen LogP contribution in [0.15, 0.2) is 0 Å². The van der Waals surface area contributed by atoms with Crippen molar-refractivity contribution in [2.75, 3.05) is 39.6 Å². The normalized spacial score (nSPS) is 13.9. The topological polar surface area (TPSA) is 237 Å². The second-order valence-corrected chi connectivity index (χ2v) is 31.8. The molecule has 0 rings (SSSR count). The summed E-state index contributed by atoms with van der Waals surface area (Å²) in [5.41, 5.74) is 0. The summed E-state index contributed by atoms with van der Waals surface area (Å²) >= 11 is 0. The van der Waals surface area contributed by atoms with E-state index in [4.69, 9.17) is 37.0 Å². The number of ether oxygens (including phenoxy) is 4. The zero-order chi connectivity index (χ0) is 71.9. The van der Waals surface area contributed by atoms with Crippen LogP contribution in [0.5, 0.6) is 0 Å². The summed E-state index contributed by atoms with van der Waals surface area (Å²) < 4.78 is 68.4. The number of hydrogen-bond donors (Lipinski definition) is 3. The van der Waals surface area contributed by atoms with E-state index in [9.17, 15) is 43.2 Å². The molecule has 0 spiro atoms. The molecular weight excluding hydrogens is 1280 g/mol. The molecule has 19 heteroatoms. The molecule has 0 aromatic carbocycles. The Kier molecular flexibility index (Phi) is 70.6. The molecule has 0 saturated heterocycles. The summed E-state index contributed by atoms with van der Waals surface area (Å²) in [5, 5.41) is 10.6. The Labute approximate surface area is 600 Å². The number of aliphatic hydroxyl groups is 1. The molecule has 0 fully saturated rings. The smallest absolute Gasteiger partial charge is 0.462 e. The Morgan fingerprint density at radius 2 is 0.469 bits per heavy atom. The van der Waals surface area contributed by atoms with Crippen molar-refractivity contribution in [1.82, 2.24) is 0 Å². The molecule has 98 heavy (non-hydrogen) atoms. The van der Waals surface area contributed by atoms with E-state index in [1.807, 2.05) is 0 Å². The van der Waals surface area contributed by atoms with E-state index in [2.05, 4.69) is 34.6 Å². The Morgan fingerprint density at radius 3 is 0.694 bits per heavy atom. The van der Waals surface area contributed by atoms with Crippen molar-refractivity contribution in [3.63, 3.8) is 0 Å². The van der Waals surface area contributed by atoms with E-state index in [1.165, 1.54) is 238 Å². The number of phosphoric ester groups is 2. The van der Waals surface area contributed by atoms with Crippen molar-refractivity contribution >= 4 is 39.5 Å². The zero-order valence-corrected chi connectivity index (χ0v) is 65.7. The molecule has 0 saturated carbocycles. The number of phosphoric acid groups is 2. The molecule has 2 unspecified atom stereocenters. The maximum atomic E-state index is 13.1. The fourth-order valence-corrected chi connectivity index (χ4v) is 13.8.